The highest BCUT2D eigenvalue weighted by atomic mass is 32.1. The summed E-state index contributed by atoms with van der Waals surface area (Å²) in [6.45, 7) is 2.63. The zero-order valence-corrected chi connectivity index (χ0v) is 12.0. The van der Waals surface area contributed by atoms with Crippen LogP contribution >= 0.6 is 11.3 Å². The number of amides is 1. The molecular weight excluding hydrogens is 262 g/mol. The largest absolute Gasteiger partial charge is 0.397 e. The van der Waals surface area contributed by atoms with E-state index < -0.39 is 0 Å². The maximum atomic E-state index is 11.9. The van der Waals surface area contributed by atoms with E-state index in [1.807, 2.05) is 0 Å². The number of nitrogens with one attached hydrogen (secondary N) is 2. The van der Waals surface area contributed by atoms with Crippen LogP contribution in [0.5, 0.6) is 0 Å². The molecule has 0 unspecified atom stereocenters. The van der Waals surface area contributed by atoms with Crippen LogP contribution in [-0.4, -0.2) is 25.3 Å². The Hall–Kier alpha value is -1.56. The Morgan fingerprint density at radius 3 is 2.63 bits per heavy atom. The summed E-state index contributed by atoms with van der Waals surface area (Å²) < 4.78 is 0. The molecule has 104 valence electrons. The number of anilines is 2. The molecule has 4 N–H and O–H groups in total. The van der Waals surface area contributed by atoms with Crippen LogP contribution in [0.3, 0.4) is 0 Å². The number of Topliss-reactive ketones (excluding diaryl/α,β-unsaturated/α-hetero) is 1. The van der Waals surface area contributed by atoms with Crippen molar-refractivity contribution in [2.24, 2.45) is 5.92 Å². The van der Waals surface area contributed by atoms with Gasteiger partial charge in [-0.05, 0) is 18.8 Å². The van der Waals surface area contributed by atoms with Gasteiger partial charge in [0.1, 0.15) is 5.00 Å². The highest BCUT2D eigenvalue weighted by molar-refractivity contribution is 7.19. The van der Waals surface area contributed by atoms with Gasteiger partial charge in [0.2, 0.25) is 0 Å². The first-order valence-electron chi connectivity index (χ1n) is 6.49. The molecule has 1 amide bonds. The third-order valence-corrected chi connectivity index (χ3v) is 4.43. The standard InChI is InChI=1S/C13H19N3O2S/c1-3-8(17)11-10(14)9(12(18)15-2)13(19-11)16-6-7-4-5-7/h7,16H,3-6,14H2,1-2H3,(H,15,18). The number of carbonyl (C=O) groups is 2. The van der Waals surface area contributed by atoms with Gasteiger partial charge in [-0.1, -0.05) is 6.92 Å². The van der Waals surface area contributed by atoms with E-state index in [-0.39, 0.29) is 11.7 Å². The fourth-order valence-corrected chi connectivity index (χ4v) is 2.98. The quantitative estimate of drug-likeness (QED) is 0.697. The van der Waals surface area contributed by atoms with Gasteiger partial charge in [-0.2, -0.15) is 0 Å². The Kier molecular flexibility index (Phi) is 4.09. The SMILES string of the molecule is CCC(=O)c1sc(NCC2CC2)c(C(=O)NC)c1N. The van der Waals surface area contributed by atoms with Gasteiger partial charge in [-0.25, -0.2) is 0 Å². The van der Waals surface area contributed by atoms with Gasteiger partial charge >= 0.3 is 0 Å². The van der Waals surface area contributed by atoms with Gasteiger partial charge in [0.05, 0.1) is 16.1 Å². The fourth-order valence-electron chi connectivity index (χ4n) is 1.85. The molecule has 5 nitrogen and oxygen atoms in total. The Morgan fingerprint density at radius 1 is 1.42 bits per heavy atom. The summed E-state index contributed by atoms with van der Waals surface area (Å²) in [4.78, 5) is 24.2. The molecule has 1 aromatic heterocycles. The average Bonchev–Trinajstić information content (AvgIpc) is 3.18. The predicted octanol–water partition coefficient (Wildman–Crippen LogP) is 2.10. The van der Waals surface area contributed by atoms with E-state index in [9.17, 15) is 9.59 Å². The number of carbonyl (C=O) groups excluding carboxylic acids is 2. The van der Waals surface area contributed by atoms with Crippen LogP contribution < -0.4 is 16.4 Å². The second kappa shape index (κ2) is 5.61. The van der Waals surface area contributed by atoms with Crippen molar-refractivity contribution < 1.29 is 9.59 Å². The normalized spacial score (nSPS) is 14.2. The summed E-state index contributed by atoms with van der Waals surface area (Å²) in [6.07, 6.45) is 2.84. The van der Waals surface area contributed by atoms with Crippen LogP contribution in [0.4, 0.5) is 10.7 Å². The van der Waals surface area contributed by atoms with Gasteiger partial charge < -0.3 is 16.4 Å². The van der Waals surface area contributed by atoms with Gasteiger partial charge in [-0.15, -0.1) is 11.3 Å². The highest BCUT2D eigenvalue weighted by Crippen LogP contribution is 2.38. The number of ketones is 1. The minimum absolute atomic E-state index is 0.0212. The number of nitrogens with two attached hydrogens (primary N) is 1. The molecule has 1 aliphatic carbocycles. The Bertz CT molecular complexity index is 506. The molecule has 6 heteroatoms. The molecule has 1 fully saturated rings. The molecule has 1 saturated carbocycles. The lowest BCUT2D eigenvalue weighted by atomic mass is 10.1. The van der Waals surface area contributed by atoms with Gasteiger partial charge in [0.25, 0.3) is 5.91 Å². The summed E-state index contributed by atoms with van der Waals surface area (Å²) in [5, 5.41) is 6.54. The van der Waals surface area contributed by atoms with Gasteiger partial charge in [0.15, 0.2) is 5.78 Å². The molecule has 19 heavy (non-hydrogen) atoms. The van der Waals surface area contributed by atoms with Crippen LogP contribution in [0.15, 0.2) is 0 Å². The van der Waals surface area contributed by atoms with E-state index in [2.05, 4.69) is 10.6 Å². The van der Waals surface area contributed by atoms with Crippen molar-refractivity contribution in [3.05, 3.63) is 10.4 Å². The fraction of sp³-hybridized carbons (Fsp3) is 0.538. The lowest BCUT2D eigenvalue weighted by molar-refractivity contribution is 0.0964. The van der Waals surface area contributed by atoms with Gasteiger partial charge in [0, 0.05) is 20.0 Å². The Morgan fingerprint density at radius 2 is 2.11 bits per heavy atom. The van der Waals surface area contributed by atoms with Gasteiger partial charge in [-0.3, -0.25) is 9.59 Å². The third kappa shape index (κ3) is 2.89. The van der Waals surface area contributed by atoms with Crippen molar-refractivity contribution >= 4 is 33.7 Å². The minimum Gasteiger partial charge on any atom is -0.397 e. The zero-order valence-electron chi connectivity index (χ0n) is 11.2. The van der Waals surface area contributed by atoms with E-state index in [0.717, 1.165) is 6.54 Å². The molecular formula is C13H19N3O2S. The monoisotopic (exact) mass is 281 g/mol. The maximum Gasteiger partial charge on any atom is 0.256 e. The number of rotatable bonds is 6. The first-order valence-corrected chi connectivity index (χ1v) is 7.31. The number of hydrogen-bond acceptors (Lipinski definition) is 5. The van der Waals surface area contributed by atoms with E-state index in [4.69, 9.17) is 5.73 Å². The number of nitrogen functional groups attached to an aromatic ring is 1. The molecule has 0 radical (unpaired) electrons. The molecule has 1 heterocycles. The highest BCUT2D eigenvalue weighted by Gasteiger charge is 2.26. The van der Waals surface area contributed by atoms with Crippen molar-refractivity contribution in [1.82, 2.24) is 5.32 Å². The smallest absolute Gasteiger partial charge is 0.256 e. The molecule has 0 atom stereocenters. The second-order valence-electron chi connectivity index (χ2n) is 4.73. The van der Waals surface area contributed by atoms with E-state index in [1.165, 1.54) is 24.2 Å². The zero-order chi connectivity index (χ0) is 14.0. The van der Waals surface area contributed by atoms with Crippen molar-refractivity contribution in [2.45, 2.75) is 26.2 Å². The lowest BCUT2D eigenvalue weighted by Gasteiger charge is -2.06. The average molecular weight is 281 g/mol. The summed E-state index contributed by atoms with van der Waals surface area (Å²) in [5.74, 6) is 0.417. The number of thiophene rings is 1. The second-order valence-corrected chi connectivity index (χ2v) is 5.75. The van der Waals surface area contributed by atoms with Crippen LogP contribution in [0.25, 0.3) is 0 Å². The summed E-state index contributed by atoms with van der Waals surface area (Å²) in [7, 11) is 1.56. The molecule has 1 aliphatic rings. The Balaban J connectivity index is 2.31. The van der Waals surface area contributed by atoms with Crippen molar-refractivity contribution in [3.63, 3.8) is 0 Å². The molecule has 0 aliphatic heterocycles. The van der Waals surface area contributed by atoms with Crippen LogP contribution in [0, 0.1) is 5.92 Å². The molecule has 0 aromatic carbocycles. The molecule has 2 rings (SSSR count). The van der Waals surface area contributed by atoms with Crippen molar-refractivity contribution in [3.8, 4) is 0 Å². The van der Waals surface area contributed by atoms with E-state index in [0.29, 0.717) is 33.5 Å². The molecule has 0 bridgehead atoms. The molecule has 0 saturated heterocycles. The first kappa shape index (κ1) is 13.9. The molecule has 1 aromatic rings. The summed E-state index contributed by atoms with van der Waals surface area (Å²) >= 11 is 1.29. The number of hydrogen-bond donors (Lipinski definition) is 3. The lowest BCUT2D eigenvalue weighted by Crippen LogP contribution is -2.20. The minimum atomic E-state index is -0.248. The van der Waals surface area contributed by atoms with Crippen LogP contribution in [0.2, 0.25) is 0 Å². The molecule has 0 spiro atoms. The van der Waals surface area contributed by atoms with E-state index in [1.54, 1.807) is 14.0 Å². The first-order chi connectivity index (χ1) is 9.08. The third-order valence-electron chi connectivity index (χ3n) is 3.22. The summed E-state index contributed by atoms with van der Waals surface area (Å²) in [6, 6.07) is 0. The Labute approximate surface area is 116 Å². The summed E-state index contributed by atoms with van der Waals surface area (Å²) in [5.41, 5.74) is 6.68. The van der Waals surface area contributed by atoms with Crippen LogP contribution in [-0.2, 0) is 0 Å². The predicted molar refractivity (Wildman–Crippen MR) is 78.0 cm³/mol. The van der Waals surface area contributed by atoms with Crippen molar-refractivity contribution in [2.75, 3.05) is 24.6 Å². The topological polar surface area (TPSA) is 84.2 Å². The van der Waals surface area contributed by atoms with Crippen LogP contribution in [0.1, 0.15) is 46.2 Å². The van der Waals surface area contributed by atoms with E-state index >= 15 is 0 Å². The van der Waals surface area contributed by atoms with Crippen molar-refractivity contribution in [1.29, 1.82) is 0 Å². The maximum absolute atomic E-state index is 11.9.